The lowest BCUT2D eigenvalue weighted by Crippen LogP contribution is -2.38. The molecule has 0 spiro atoms. The molecule has 0 amide bonds. The fourth-order valence-corrected chi connectivity index (χ4v) is 4.16. The Morgan fingerprint density at radius 2 is 0.806 bits per heavy atom. The molecule has 0 unspecified atom stereocenters. The monoisotopic (exact) mass is 492 g/mol. The molecule has 12 heteroatoms. The average molecular weight is 492 g/mol. The van der Waals surface area contributed by atoms with Crippen LogP contribution in [0.3, 0.4) is 0 Å². The number of nitrogens with zero attached hydrogens (tertiary/aromatic N) is 6. The molecular weight excluding hydrogens is 468 g/mol. The zero-order valence-corrected chi connectivity index (χ0v) is 20.6. The molecule has 36 heavy (non-hydrogen) atoms. The van der Waals surface area contributed by atoms with Crippen LogP contribution in [0.4, 0.5) is 0 Å². The van der Waals surface area contributed by atoms with Crippen molar-refractivity contribution in [2.45, 2.75) is 0 Å². The minimum absolute atomic E-state index is 0.106. The van der Waals surface area contributed by atoms with Crippen molar-refractivity contribution in [3.05, 3.63) is 99.3 Å². The van der Waals surface area contributed by atoms with Gasteiger partial charge in [0.15, 0.2) is 0 Å². The number of benzene rings is 1. The van der Waals surface area contributed by atoms with Crippen LogP contribution in [0, 0.1) is 0 Å². The Bertz CT molecular complexity index is 1930. The maximum Gasteiger partial charge on any atom is 0.330 e. The molecule has 0 aliphatic heterocycles. The largest absolute Gasteiger partial charge is 0.330 e. The summed E-state index contributed by atoms with van der Waals surface area (Å²) in [5, 5.41) is 0. The molecule has 0 saturated carbocycles. The van der Waals surface area contributed by atoms with Crippen LogP contribution in [0.2, 0.25) is 0 Å². The number of rotatable bonds is 3. The van der Waals surface area contributed by atoms with Gasteiger partial charge >= 0.3 is 17.1 Å². The molecule has 3 heterocycles. The first-order valence-corrected chi connectivity index (χ1v) is 10.8. The number of aryl methyl sites for hydroxylation is 3. The van der Waals surface area contributed by atoms with Crippen LogP contribution >= 0.6 is 0 Å². The molecule has 0 N–H and O–H groups in total. The first kappa shape index (κ1) is 24.4. The van der Waals surface area contributed by atoms with E-state index >= 15 is 0 Å². The zero-order chi connectivity index (χ0) is 26.6. The average Bonchev–Trinajstić information content (AvgIpc) is 2.86. The molecule has 12 nitrogen and oxygen atoms in total. The van der Waals surface area contributed by atoms with E-state index in [-0.39, 0.29) is 22.3 Å². The first-order chi connectivity index (χ1) is 16.8. The van der Waals surface area contributed by atoms with Gasteiger partial charge < -0.3 is 13.7 Å². The van der Waals surface area contributed by atoms with Gasteiger partial charge in [-0.1, -0.05) is 12.1 Å². The van der Waals surface area contributed by atoms with Crippen molar-refractivity contribution in [2.24, 2.45) is 42.3 Å². The molecule has 0 atom stereocenters. The van der Waals surface area contributed by atoms with E-state index in [0.717, 1.165) is 13.7 Å². The third-order valence-corrected chi connectivity index (χ3v) is 6.25. The fraction of sp³-hybridized carbons (Fsp3) is 0.250. The van der Waals surface area contributed by atoms with Crippen LogP contribution in [0.1, 0.15) is 0 Å². The topological polar surface area (TPSA) is 132 Å². The summed E-state index contributed by atoms with van der Waals surface area (Å²) in [5.74, 6) is 0. The van der Waals surface area contributed by atoms with Crippen molar-refractivity contribution >= 4 is 0 Å². The lowest BCUT2D eigenvalue weighted by Gasteiger charge is -2.15. The van der Waals surface area contributed by atoms with Crippen molar-refractivity contribution in [1.82, 2.24) is 27.4 Å². The maximum atomic E-state index is 13.2. The smallest absolute Gasteiger partial charge is 0.303 e. The third-order valence-electron chi connectivity index (χ3n) is 6.25. The summed E-state index contributed by atoms with van der Waals surface area (Å²) in [7, 11) is 8.55. The summed E-state index contributed by atoms with van der Waals surface area (Å²) in [5.41, 5.74) is -1.84. The lowest BCUT2D eigenvalue weighted by atomic mass is 9.93. The van der Waals surface area contributed by atoms with Gasteiger partial charge in [-0.15, -0.1) is 0 Å². The van der Waals surface area contributed by atoms with Gasteiger partial charge in [-0.3, -0.25) is 28.1 Å². The van der Waals surface area contributed by atoms with E-state index < -0.39 is 33.7 Å². The number of hydrogen-bond acceptors (Lipinski definition) is 6. The Kier molecular flexibility index (Phi) is 5.75. The highest BCUT2D eigenvalue weighted by Crippen LogP contribution is 2.32. The molecule has 3 aromatic heterocycles. The molecule has 4 rings (SSSR count). The van der Waals surface area contributed by atoms with E-state index in [1.54, 1.807) is 18.2 Å². The highest BCUT2D eigenvalue weighted by Gasteiger charge is 2.20. The summed E-state index contributed by atoms with van der Waals surface area (Å²) in [6.45, 7) is 0. The van der Waals surface area contributed by atoms with Gasteiger partial charge in [-0.2, -0.15) is 0 Å². The standard InChI is InChI=1S/C24H24N6O6/c1-25-10-16(19(31)28(4)22(25)34)13-7-8-14(17-11-26(2)23(35)29(5)20(17)32)15(9-13)18-12-27(3)24(36)30(6)21(18)33/h7-12H,1-6H3. The van der Waals surface area contributed by atoms with Crippen molar-refractivity contribution in [2.75, 3.05) is 0 Å². The van der Waals surface area contributed by atoms with E-state index in [2.05, 4.69) is 0 Å². The number of aromatic nitrogens is 6. The van der Waals surface area contributed by atoms with Crippen LogP contribution in [0.25, 0.3) is 33.4 Å². The Hall–Kier alpha value is -4.74. The molecule has 0 radical (unpaired) electrons. The quantitative estimate of drug-likeness (QED) is 0.356. The van der Waals surface area contributed by atoms with Gasteiger partial charge in [0.25, 0.3) is 16.7 Å². The van der Waals surface area contributed by atoms with E-state index in [1.165, 1.54) is 74.6 Å². The molecule has 4 aromatic rings. The van der Waals surface area contributed by atoms with Gasteiger partial charge in [0.05, 0.1) is 16.7 Å². The summed E-state index contributed by atoms with van der Waals surface area (Å²) < 4.78 is 6.60. The first-order valence-electron chi connectivity index (χ1n) is 10.8. The minimum atomic E-state index is -0.605. The van der Waals surface area contributed by atoms with E-state index in [0.29, 0.717) is 11.1 Å². The van der Waals surface area contributed by atoms with Gasteiger partial charge in [0, 0.05) is 60.9 Å². The van der Waals surface area contributed by atoms with Crippen molar-refractivity contribution < 1.29 is 0 Å². The summed E-state index contributed by atoms with van der Waals surface area (Å²) in [6.07, 6.45) is 4.13. The predicted molar refractivity (Wildman–Crippen MR) is 134 cm³/mol. The minimum Gasteiger partial charge on any atom is -0.303 e. The van der Waals surface area contributed by atoms with E-state index in [9.17, 15) is 28.8 Å². The van der Waals surface area contributed by atoms with Crippen molar-refractivity contribution in [1.29, 1.82) is 0 Å². The summed E-state index contributed by atoms with van der Waals surface area (Å²) in [4.78, 5) is 75.8. The van der Waals surface area contributed by atoms with Crippen LogP contribution in [0.5, 0.6) is 0 Å². The molecule has 1 aromatic carbocycles. The summed E-state index contributed by atoms with van der Waals surface area (Å²) in [6, 6.07) is 4.72. The van der Waals surface area contributed by atoms with Gasteiger partial charge in [-0.05, 0) is 22.8 Å². The van der Waals surface area contributed by atoms with Crippen LogP contribution in [-0.2, 0) is 42.3 Å². The summed E-state index contributed by atoms with van der Waals surface area (Å²) >= 11 is 0. The second kappa shape index (κ2) is 8.48. The van der Waals surface area contributed by atoms with Crippen molar-refractivity contribution in [3.63, 3.8) is 0 Å². The van der Waals surface area contributed by atoms with E-state index in [1.807, 2.05) is 0 Å². The zero-order valence-electron chi connectivity index (χ0n) is 20.6. The predicted octanol–water partition coefficient (Wildman–Crippen LogP) is -1.12. The van der Waals surface area contributed by atoms with Gasteiger partial charge in [0.2, 0.25) is 0 Å². The van der Waals surface area contributed by atoms with E-state index in [4.69, 9.17) is 0 Å². The molecule has 0 fully saturated rings. The number of hydrogen-bond donors (Lipinski definition) is 0. The molecule has 186 valence electrons. The Balaban J connectivity index is 2.17. The van der Waals surface area contributed by atoms with Crippen LogP contribution < -0.4 is 33.7 Å². The maximum absolute atomic E-state index is 13.2. The lowest BCUT2D eigenvalue weighted by molar-refractivity contribution is 0.687. The van der Waals surface area contributed by atoms with Gasteiger partial charge in [0.1, 0.15) is 0 Å². The van der Waals surface area contributed by atoms with Gasteiger partial charge in [-0.25, -0.2) is 14.4 Å². The highest BCUT2D eigenvalue weighted by molar-refractivity contribution is 5.86. The third kappa shape index (κ3) is 3.63. The van der Waals surface area contributed by atoms with Crippen LogP contribution in [0.15, 0.2) is 65.6 Å². The van der Waals surface area contributed by atoms with Crippen LogP contribution in [-0.4, -0.2) is 27.4 Å². The molecule has 0 saturated heterocycles. The van der Waals surface area contributed by atoms with Crippen molar-refractivity contribution in [3.8, 4) is 33.4 Å². The second-order valence-corrected chi connectivity index (χ2v) is 8.66. The Morgan fingerprint density at radius 3 is 1.25 bits per heavy atom. The second-order valence-electron chi connectivity index (χ2n) is 8.66. The normalized spacial score (nSPS) is 11.2. The fourth-order valence-electron chi connectivity index (χ4n) is 4.16. The Morgan fingerprint density at radius 1 is 0.444 bits per heavy atom. The molecule has 0 aliphatic carbocycles. The SMILES string of the molecule is Cn1cc(-c2ccc(-c3cn(C)c(=O)n(C)c3=O)c(-c3cn(C)c(=O)n(C)c3=O)c2)c(=O)n(C)c1=O. The molecular formula is C24H24N6O6. The molecule has 0 bridgehead atoms. The molecule has 0 aliphatic rings. The Labute approximate surface area is 202 Å². The highest BCUT2D eigenvalue weighted by atomic mass is 16.2.